The number of hydroxylamine groups is 1. The minimum atomic E-state index is 0.792. The summed E-state index contributed by atoms with van der Waals surface area (Å²) in [4.78, 5) is 8.88. The van der Waals surface area contributed by atoms with Crippen LogP contribution >= 0.6 is 0 Å². The predicted molar refractivity (Wildman–Crippen MR) is 23.7 cm³/mol. The molecule has 0 saturated carbocycles. The van der Waals surface area contributed by atoms with Crippen molar-refractivity contribution in [1.82, 2.24) is 5.48 Å². The van der Waals surface area contributed by atoms with Crippen LogP contribution in [0.2, 0.25) is 0 Å². The summed E-state index contributed by atoms with van der Waals surface area (Å²) < 4.78 is 0. The molecule has 40 valence electrons. The fourth-order valence-corrected chi connectivity index (χ4v) is 0.280. The molecule has 0 bridgehead atoms. The van der Waals surface area contributed by atoms with Gasteiger partial charge in [-0.15, -0.1) is 0 Å². The fraction of sp³-hybridized carbons (Fsp3) is 0.500. The van der Waals surface area contributed by atoms with Crippen LogP contribution in [0.3, 0.4) is 0 Å². The van der Waals surface area contributed by atoms with Crippen molar-refractivity contribution in [3.8, 4) is 0 Å². The van der Waals surface area contributed by atoms with E-state index >= 15 is 0 Å². The summed E-state index contributed by atoms with van der Waals surface area (Å²) in [6.07, 6.45) is 0. The van der Waals surface area contributed by atoms with Gasteiger partial charge in [-0.05, 0) is 13.8 Å². The van der Waals surface area contributed by atoms with E-state index in [-0.39, 0.29) is 0 Å². The standard InChI is InChI=1S/C4H7NO2/c1-3-4(2)6-7-5-3/h5H,1-2H3. The van der Waals surface area contributed by atoms with Crippen LogP contribution in [0, 0.1) is 0 Å². The molecule has 0 radical (unpaired) electrons. The minimum absolute atomic E-state index is 0.792. The van der Waals surface area contributed by atoms with Crippen LogP contribution in [0.15, 0.2) is 11.5 Å². The molecule has 3 nitrogen and oxygen atoms in total. The van der Waals surface area contributed by atoms with Crippen molar-refractivity contribution in [3.05, 3.63) is 11.5 Å². The van der Waals surface area contributed by atoms with Crippen LogP contribution in [-0.4, -0.2) is 0 Å². The lowest BCUT2D eigenvalue weighted by atomic mass is 10.4. The molecule has 0 aromatic heterocycles. The number of hydrogen-bond acceptors (Lipinski definition) is 3. The Morgan fingerprint density at radius 3 is 2.29 bits per heavy atom. The highest BCUT2D eigenvalue weighted by atomic mass is 17.3. The van der Waals surface area contributed by atoms with Gasteiger partial charge in [0.15, 0.2) is 5.76 Å². The third-order valence-electron chi connectivity index (χ3n) is 0.890. The normalized spacial score (nSPS) is 19.1. The molecule has 1 aliphatic rings. The first-order valence-corrected chi connectivity index (χ1v) is 2.07. The molecule has 0 unspecified atom stereocenters. The highest BCUT2D eigenvalue weighted by Crippen LogP contribution is 2.07. The Kier molecular flexibility index (Phi) is 0.906. The maximum Gasteiger partial charge on any atom is 0.163 e. The monoisotopic (exact) mass is 101 g/mol. The number of nitrogens with one attached hydrogen (secondary N) is 1. The van der Waals surface area contributed by atoms with Crippen molar-refractivity contribution >= 4 is 0 Å². The maximum atomic E-state index is 4.53. The third-order valence-corrected chi connectivity index (χ3v) is 0.890. The molecule has 0 aromatic rings. The highest BCUT2D eigenvalue weighted by molar-refractivity contribution is 4.99. The van der Waals surface area contributed by atoms with E-state index in [9.17, 15) is 0 Å². The van der Waals surface area contributed by atoms with Crippen molar-refractivity contribution in [3.63, 3.8) is 0 Å². The lowest BCUT2D eigenvalue weighted by Crippen LogP contribution is -2.01. The van der Waals surface area contributed by atoms with Crippen molar-refractivity contribution in [1.29, 1.82) is 0 Å². The van der Waals surface area contributed by atoms with Gasteiger partial charge in [-0.2, -0.15) is 0 Å². The summed E-state index contributed by atoms with van der Waals surface area (Å²) in [6.45, 7) is 3.71. The van der Waals surface area contributed by atoms with E-state index in [0.29, 0.717) is 0 Å². The van der Waals surface area contributed by atoms with Gasteiger partial charge in [0.2, 0.25) is 0 Å². The van der Waals surface area contributed by atoms with Crippen LogP contribution in [-0.2, 0) is 9.88 Å². The second kappa shape index (κ2) is 1.42. The zero-order chi connectivity index (χ0) is 5.28. The molecule has 3 heteroatoms. The SMILES string of the molecule is CC1=C(C)OON1. The molecule has 0 amide bonds. The van der Waals surface area contributed by atoms with E-state index in [2.05, 4.69) is 15.4 Å². The van der Waals surface area contributed by atoms with E-state index in [1.807, 2.05) is 13.8 Å². The largest absolute Gasteiger partial charge is 0.317 e. The first-order valence-electron chi connectivity index (χ1n) is 2.07. The third kappa shape index (κ3) is 0.667. The molecule has 1 N–H and O–H groups in total. The van der Waals surface area contributed by atoms with Gasteiger partial charge < -0.3 is 4.89 Å². The number of rotatable bonds is 0. The maximum absolute atomic E-state index is 4.53. The van der Waals surface area contributed by atoms with Crippen LogP contribution in [0.4, 0.5) is 0 Å². The van der Waals surface area contributed by atoms with Crippen molar-refractivity contribution in [2.75, 3.05) is 0 Å². The first-order chi connectivity index (χ1) is 3.30. The van der Waals surface area contributed by atoms with Crippen molar-refractivity contribution in [2.24, 2.45) is 0 Å². The molecule has 1 aliphatic heterocycles. The number of allylic oxidation sites excluding steroid dienone is 2. The molecule has 0 fully saturated rings. The molecule has 0 spiro atoms. The Hall–Kier alpha value is -0.700. The lowest BCUT2D eigenvalue weighted by Gasteiger charge is -1.86. The molecule has 1 heterocycles. The molecule has 0 aromatic carbocycles. The second-order valence-corrected chi connectivity index (χ2v) is 1.45. The summed E-state index contributed by atoms with van der Waals surface area (Å²) in [5.74, 6) is 0.792. The smallest absolute Gasteiger partial charge is 0.163 e. The van der Waals surface area contributed by atoms with Gasteiger partial charge in [-0.3, -0.25) is 0 Å². The Morgan fingerprint density at radius 2 is 2.14 bits per heavy atom. The highest BCUT2D eigenvalue weighted by Gasteiger charge is 2.05. The summed E-state index contributed by atoms with van der Waals surface area (Å²) in [5.41, 5.74) is 3.46. The second-order valence-electron chi connectivity index (χ2n) is 1.45. The molecule has 0 saturated heterocycles. The lowest BCUT2D eigenvalue weighted by molar-refractivity contribution is -0.275. The van der Waals surface area contributed by atoms with Crippen LogP contribution in [0.5, 0.6) is 0 Å². The molecule has 1 rings (SSSR count). The molecular formula is C4H7NO2. The molecule has 0 aliphatic carbocycles. The predicted octanol–water partition coefficient (Wildman–Crippen LogP) is 0.704. The van der Waals surface area contributed by atoms with E-state index in [4.69, 9.17) is 0 Å². The Balaban J connectivity index is 2.64. The van der Waals surface area contributed by atoms with E-state index in [1.54, 1.807) is 0 Å². The molecular weight excluding hydrogens is 94.0 g/mol. The van der Waals surface area contributed by atoms with Gasteiger partial charge in [0, 0.05) is 0 Å². The minimum Gasteiger partial charge on any atom is -0.317 e. The van der Waals surface area contributed by atoms with Gasteiger partial charge in [-0.1, -0.05) is 4.99 Å². The summed E-state index contributed by atoms with van der Waals surface area (Å²) in [6, 6.07) is 0. The average molecular weight is 101 g/mol. The van der Waals surface area contributed by atoms with E-state index in [0.717, 1.165) is 11.5 Å². The van der Waals surface area contributed by atoms with Gasteiger partial charge in [0.25, 0.3) is 0 Å². The Morgan fingerprint density at radius 1 is 1.43 bits per heavy atom. The average Bonchev–Trinajstić information content (AvgIpc) is 1.91. The zero-order valence-corrected chi connectivity index (χ0v) is 4.32. The van der Waals surface area contributed by atoms with Gasteiger partial charge >= 0.3 is 0 Å². The van der Waals surface area contributed by atoms with Crippen LogP contribution in [0.25, 0.3) is 0 Å². The number of hydrogen-bond donors (Lipinski definition) is 1. The Bertz CT molecular complexity index is 96.3. The fourth-order valence-electron chi connectivity index (χ4n) is 0.280. The van der Waals surface area contributed by atoms with Crippen LogP contribution < -0.4 is 5.48 Å². The van der Waals surface area contributed by atoms with Crippen molar-refractivity contribution in [2.45, 2.75) is 13.8 Å². The summed E-state index contributed by atoms with van der Waals surface area (Å²) >= 11 is 0. The van der Waals surface area contributed by atoms with Crippen molar-refractivity contribution < 1.29 is 9.88 Å². The Labute approximate surface area is 41.8 Å². The van der Waals surface area contributed by atoms with Gasteiger partial charge in [-0.25, -0.2) is 5.48 Å². The quantitative estimate of drug-likeness (QED) is 0.456. The topological polar surface area (TPSA) is 30.5 Å². The first kappa shape index (κ1) is 4.46. The molecule has 0 atom stereocenters. The molecule has 7 heavy (non-hydrogen) atoms. The summed E-state index contributed by atoms with van der Waals surface area (Å²) in [5, 5.41) is 0. The summed E-state index contributed by atoms with van der Waals surface area (Å²) in [7, 11) is 0. The van der Waals surface area contributed by atoms with Gasteiger partial charge in [0.05, 0.1) is 5.70 Å². The van der Waals surface area contributed by atoms with Crippen LogP contribution in [0.1, 0.15) is 13.8 Å². The van der Waals surface area contributed by atoms with E-state index in [1.165, 1.54) is 0 Å². The zero-order valence-electron chi connectivity index (χ0n) is 4.32. The van der Waals surface area contributed by atoms with E-state index < -0.39 is 0 Å². The van der Waals surface area contributed by atoms with Gasteiger partial charge in [0.1, 0.15) is 0 Å².